The molecular weight excluding hydrogens is 246 g/mol. The van der Waals surface area contributed by atoms with E-state index >= 15 is 0 Å². The minimum atomic E-state index is 0.203. The van der Waals surface area contributed by atoms with E-state index < -0.39 is 0 Å². The zero-order valence-electron chi connectivity index (χ0n) is 12.7. The molecule has 0 amide bonds. The summed E-state index contributed by atoms with van der Waals surface area (Å²) in [7, 11) is 1.97. The predicted molar refractivity (Wildman–Crippen MR) is 84.4 cm³/mol. The third kappa shape index (κ3) is 3.40. The average Bonchev–Trinajstić information content (AvgIpc) is 2.45. The van der Waals surface area contributed by atoms with Crippen molar-refractivity contribution in [3.05, 3.63) is 64.7 Å². The number of rotatable bonds is 5. The Kier molecular flexibility index (Phi) is 4.80. The number of hydrogen-bond donors (Lipinski definition) is 1. The molecule has 0 aromatic heterocycles. The minimum absolute atomic E-state index is 0.203. The van der Waals surface area contributed by atoms with Gasteiger partial charge in [0.1, 0.15) is 12.4 Å². The van der Waals surface area contributed by atoms with E-state index in [1.165, 1.54) is 22.3 Å². The first-order valence-corrected chi connectivity index (χ1v) is 7.04. The van der Waals surface area contributed by atoms with Gasteiger partial charge in [0.25, 0.3) is 0 Å². The lowest BCUT2D eigenvalue weighted by Crippen LogP contribution is -2.23. The molecule has 2 aromatic carbocycles. The molecule has 0 aliphatic heterocycles. The van der Waals surface area contributed by atoms with Crippen LogP contribution in [0.5, 0.6) is 5.75 Å². The van der Waals surface area contributed by atoms with Crippen LogP contribution >= 0.6 is 0 Å². The molecule has 0 aliphatic rings. The number of para-hydroxylation sites is 1. The van der Waals surface area contributed by atoms with Crippen LogP contribution in [0.3, 0.4) is 0 Å². The fourth-order valence-corrected chi connectivity index (χ4v) is 2.22. The van der Waals surface area contributed by atoms with Crippen molar-refractivity contribution < 1.29 is 4.74 Å². The van der Waals surface area contributed by atoms with Gasteiger partial charge in [0.05, 0.1) is 6.04 Å². The number of ether oxygens (including phenoxy) is 1. The molecular formula is C18H23NO. The summed E-state index contributed by atoms with van der Waals surface area (Å²) in [5, 5.41) is 3.33. The largest absolute Gasteiger partial charge is 0.491 e. The van der Waals surface area contributed by atoms with Crippen molar-refractivity contribution in [1.82, 2.24) is 5.32 Å². The summed E-state index contributed by atoms with van der Waals surface area (Å²) in [6.45, 7) is 6.98. The normalized spacial score (nSPS) is 12.2. The van der Waals surface area contributed by atoms with E-state index in [2.05, 4.69) is 50.4 Å². The second-order valence-electron chi connectivity index (χ2n) is 5.26. The fraction of sp³-hybridized carbons (Fsp3) is 0.333. The highest BCUT2D eigenvalue weighted by Crippen LogP contribution is 2.21. The van der Waals surface area contributed by atoms with E-state index in [4.69, 9.17) is 4.74 Å². The van der Waals surface area contributed by atoms with Crippen molar-refractivity contribution in [2.45, 2.75) is 26.8 Å². The van der Waals surface area contributed by atoms with Crippen molar-refractivity contribution in [2.24, 2.45) is 0 Å². The van der Waals surface area contributed by atoms with Crippen molar-refractivity contribution in [1.29, 1.82) is 0 Å². The maximum atomic E-state index is 5.95. The Bertz CT molecular complexity index is 577. The average molecular weight is 269 g/mol. The topological polar surface area (TPSA) is 21.3 Å². The van der Waals surface area contributed by atoms with Crippen LogP contribution in [-0.2, 0) is 0 Å². The molecule has 20 heavy (non-hydrogen) atoms. The Labute approximate surface area is 121 Å². The Morgan fingerprint density at radius 1 is 0.950 bits per heavy atom. The number of aryl methyl sites for hydroxylation is 3. The molecule has 0 bridgehead atoms. The third-order valence-electron chi connectivity index (χ3n) is 3.78. The Morgan fingerprint density at radius 3 is 2.35 bits per heavy atom. The number of hydrogen-bond acceptors (Lipinski definition) is 2. The molecule has 2 nitrogen and oxygen atoms in total. The third-order valence-corrected chi connectivity index (χ3v) is 3.78. The van der Waals surface area contributed by atoms with Crippen LogP contribution in [0.25, 0.3) is 0 Å². The van der Waals surface area contributed by atoms with Crippen molar-refractivity contribution in [3.8, 4) is 5.75 Å². The number of nitrogens with one attached hydrogen (secondary N) is 1. The first-order valence-electron chi connectivity index (χ1n) is 7.04. The second kappa shape index (κ2) is 6.58. The molecule has 1 atom stereocenters. The molecule has 2 heteroatoms. The Hall–Kier alpha value is -1.80. The summed E-state index contributed by atoms with van der Waals surface area (Å²) >= 11 is 0. The van der Waals surface area contributed by atoms with Crippen molar-refractivity contribution in [3.63, 3.8) is 0 Å². The van der Waals surface area contributed by atoms with Crippen LogP contribution in [-0.4, -0.2) is 13.7 Å². The highest BCUT2D eigenvalue weighted by molar-refractivity contribution is 5.33. The molecule has 2 aromatic rings. The van der Waals surface area contributed by atoms with Gasteiger partial charge in [0.15, 0.2) is 0 Å². The summed E-state index contributed by atoms with van der Waals surface area (Å²) in [5.74, 6) is 0.955. The highest BCUT2D eigenvalue weighted by atomic mass is 16.5. The molecule has 0 radical (unpaired) electrons. The summed E-state index contributed by atoms with van der Waals surface area (Å²) < 4.78 is 5.95. The van der Waals surface area contributed by atoms with E-state index in [9.17, 15) is 0 Å². The van der Waals surface area contributed by atoms with E-state index in [1.54, 1.807) is 0 Å². The van der Waals surface area contributed by atoms with Gasteiger partial charge in [-0.25, -0.2) is 0 Å². The van der Waals surface area contributed by atoms with Gasteiger partial charge in [-0.2, -0.15) is 0 Å². The van der Waals surface area contributed by atoms with Gasteiger partial charge in [-0.05, 0) is 56.1 Å². The van der Waals surface area contributed by atoms with Crippen LogP contribution in [0.1, 0.15) is 28.3 Å². The van der Waals surface area contributed by atoms with Gasteiger partial charge in [0, 0.05) is 0 Å². The number of likely N-dealkylation sites (N-methyl/N-ethyl adjacent to an activating group) is 1. The quantitative estimate of drug-likeness (QED) is 0.887. The highest BCUT2D eigenvalue weighted by Gasteiger charge is 2.11. The lowest BCUT2D eigenvalue weighted by Gasteiger charge is -2.19. The summed E-state index contributed by atoms with van der Waals surface area (Å²) in [6, 6.07) is 14.9. The van der Waals surface area contributed by atoms with Crippen LogP contribution < -0.4 is 10.1 Å². The van der Waals surface area contributed by atoms with Gasteiger partial charge < -0.3 is 10.1 Å². The van der Waals surface area contributed by atoms with E-state index in [1.807, 2.05) is 25.2 Å². The molecule has 106 valence electrons. The van der Waals surface area contributed by atoms with Crippen molar-refractivity contribution >= 4 is 0 Å². The van der Waals surface area contributed by atoms with Gasteiger partial charge in [-0.3, -0.25) is 0 Å². The molecule has 1 N–H and O–H groups in total. The Morgan fingerprint density at radius 2 is 1.70 bits per heavy atom. The summed E-state index contributed by atoms with van der Waals surface area (Å²) in [4.78, 5) is 0. The lowest BCUT2D eigenvalue weighted by molar-refractivity contribution is 0.271. The summed E-state index contributed by atoms with van der Waals surface area (Å²) in [5.41, 5.74) is 5.08. The predicted octanol–water partition coefficient (Wildman–Crippen LogP) is 3.95. The van der Waals surface area contributed by atoms with Gasteiger partial charge in [0.2, 0.25) is 0 Å². The molecule has 1 unspecified atom stereocenters. The van der Waals surface area contributed by atoms with Gasteiger partial charge >= 0.3 is 0 Å². The zero-order valence-corrected chi connectivity index (χ0v) is 12.7. The fourth-order valence-electron chi connectivity index (χ4n) is 2.22. The van der Waals surface area contributed by atoms with E-state index in [0.29, 0.717) is 6.61 Å². The first kappa shape index (κ1) is 14.6. The van der Waals surface area contributed by atoms with E-state index in [-0.39, 0.29) is 6.04 Å². The second-order valence-corrected chi connectivity index (χ2v) is 5.26. The summed E-state index contributed by atoms with van der Waals surface area (Å²) in [6.07, 6.45) is 0. The molecule has 0 spiro atoms. The SMILES string of the molecule is CNC(COc1ccccc1C)c1ccc(C)c(C)c1. The standard InChI is InChI=1S/C18H23NO/c1-13-9-10-16(11-15(13)3)17(19-4)12-20-18-8-6-5-7-14(18)2/h5-11,17,19H,12H2,1-4H3. The monoisotopic (exact) mass is 269 g/mol. The molecule has 0 heterocycles. The lowest BCUT2D eigenvalue weighted by atomic mass is 10.0. The molecule has 0 fully saturated rings. The molecule has 0 saturated heterocycles. The molecule has 0 aliphatic carbocycles. The number of benzene rings is 2. The molecule has 0 saturated carbocycles. The first-order chi connectivity index (χ1) is 9.61. The van der Waals surface area contributed by atoms with Gasteiger partial charge in [-0.15, -0.1) is 0 Å². The Balaban J connectivity index is 2.09. The maximum Gasteiger partial charge on any atom is 0.122 e. The van der Waals surface area contributed by atoms with Gasteiger partial charge in [-0.1, -0.05) is 36.4 Å². The maximum absolute atomic E-state index is 5.95. The molecule has 2 rings (SSSR count). The van der Waals surface area contributed by atoms with Crippen LogP contribution in [0.4, 0.5) is 0 Å². The zero-order chi connectivity index (χ0) is 14.5. The van der Waals surface area contributed by atoms with Crippen LogP contribution in [0.15, 0.2) is 42.5 Å². The van der Waals surface area contributed by atoms with Crippen LogP contribution in [0, 0.1) is 20.8 Å². The minimum Gasteiger partial charge on any atom is -0.491 e. The smallest absolute Gasteiger partial charge is 0.122 e. The van der Waals surface area contributed by atoms with Crippen molar-refractivity contribution in [2.75, 3.05) is 13.7 Å². The van der Waals surface area contributed by atoms with E-state index in [0.717, 1.165) is 5.75 Å². The van der Waals surface area contributed by atoms with Crippen LogP contribution in [0.2, 0.25) is 0 Å².